The molecule has 2 rings (SSSR count). The molecule has 1 aromatic carbocycles. The molecule has 0 saturated carbocycles. The van der Waals surface area contributed by atoms with E-state index in [9.17, 15) is 0 Å². The lowest BCUT2D eigenvalue weighted by atomic mass is 10.2. The monoisotopic (exact) mass is 243 g/mol. The maximum atomic E-state index is 8.81. The molecule has 0 atom stereocenters. The van der Waals surface area contributed by atoms with Crippen LogP contribution in [0.5, 0.6) is 0 Å². The molecule has 17 heavy (non-hydrogen) atoms. The summed E-state index contributed by atoms with van der Waals surface area (Å²) in [7, 11) is 0. The number of halogens is 1. The van der Waals surface area contributed by atoms with Gasteiger partial charge in [-0.3, -0.25) is 0 Å². The summed E-state index contributed by atoms with van der Waals surface area (Å²) in [6.07, 6.45) is 0. The topological polar surface area (TPSA) is 48.7 Å². The molecule has 1 aromatic heterocycles. The first-order valence-electron chi connectivity index (χ1n) is 5.13. The maximum absolute atomic E-state index is 8.81. The highest BCUT2D eigenvalue weighted by Gasteiger charge is 2.00. The first-order valence-corrected chi connectivity index (χ1v) is 5.51. The number of anilines is 1. The number of nitriles is 1. The lowest BCUT2D eigenvalue weighted by molar-refractivity contribution is 1.11. The van der Waals surface area contributed by atoms with E-state index in [0.717, 1.165) is 5.56 Å². The van der Waals surface area contributed by atoms with Crippen LogP contribution in [0.15, 0.2) is 42.5 Å². The van der Waals surface area contributed by atoms with E-state index in [1.807, 2.05) is 36.4 Å². The Morgan fingerprint density at radius 1 is 1.24 bits per heavy atom. The molecule has 3 nitrogen and oxygen atoms in total. The minimum absolute atomic E-state index is 0.319. The van der Waals surface area contributed by atoms with Crippen LogP contribution in [-0.4, -0.2) is 4.98 Å². The molecule has 0 amide bonds. The molecule has 1 N–H and O–H groups in total. The number of hydrogen-bond acceptors (Lipinski definition) is 3. The predicted octanol–water partition coefficient (Wildman–Crippen LogP) is 3.22. The van der Waals surface area contributed by atoms with E-state index >= 15 is 0 Å². The number of nitrogens with zero attached hydrogens (tertiary/aromatic N) is 2. The fourth-order valence-corrected chi connectivity index (χ4v) is 1.65. The van der Waals surface area contributed by atoms with Gasteiger partial charge in [-0.25, -0.2) is 4.98 Å². The quantitative estimate of drug-likeness (QED) is 0.842. The Balaban J connectivity index is 2.10. The molecule has 2 aromatic rings. The summed E-state index contributed by atoms with van der Waals surface area (Å²) in [5.74, 6) is 0.609. The largest absolute Gasteiger partial charge is 0.366 e. The lowest BCUT2D eigenvalue weighted by Crippen LogP contribution is -2.01. The van der Waals surface area contributed by atoms with Crippen molar-refractivity contribution in [2.75, 3.05) is 5.32 Å². The molecule has 0 radical (unpaired) electrons. The third-order valence-electron chi connectivity index (χ3n) is 2.24. The zero-order valence-electron chi connectivity index (χ0n) is 9.02. The Hall–Kier alpha value is -2.05. The predicted molar refractivity (Wildman–Crippen MR) is 67.7 cm³/mol. The molecular weight excluding hydrogens is 234 g/mol. The smallest absolute Gasteiger partial charge is 0.132 e. The van der Waals surface area contributed by atoms with Gasteiger partial charge >= 0.3 is 0 Å². The zero-order valence-corrected chi connectivity index (χ0v) is 9.78. The van der Waals surface area contributed by atoms with Gasteiger partial charge in [0.1, 0.15) is 11.0 Å². The van der Waals surface area contributed by atoms with Gasteiger partial charge in [0, 0.05) is 6.54 Å². The lowest BCUT2D eigenvalue weighted by Gasteiger charge is -2.06. The third kappa shape index (κ3) is 3.20. The van der Waals surface area contributed by atoms with Crippen molar-refractivity contribution in [2.24, 2.45) is 0 Å². The zero-order chi connectivity index (χ0) is 12.1. The second kappa shape index (κ2) is 5.33. The van der Waals surface area contributed by atoms with Crippen molar-refractivity contribution in [1.82, 2.24) is 4.98 Å². The van der Waals surface area contributed by atoms with Gasteiger partial charge < -0.3 is 5.32 Å². The standard InChI is InChI=1S/C13H10ClN3/c14-12-6-11(8-15)7-13(17-12)16-9-10-4-2-1-3-5-10/h1-7H,9H2,(H,16,17). The maximum Gasteiger partial charge on any atom is 0.132 e. The van der Waals surface area contributed by atoms with Crippen LogP contribution in [0.25, 0.3) is 0 Å². The number of hydrogen-bond donors (Lipinski definition) is 1. The molecule has 0 saturated heterocycles. The van der Waals surface area contributed by atoms with Gasteiger partial charge in [0.25, 0.3) is 0 Å². The summed E-state index contributed by atoms with van der Waals surface area (Å²) in [5, 5.41) is 12.3. The average Bonchev–Trinajstić information content (AvgIpc) is 2.37. The van der Waals surface area contributed by atoms with Crippen molar-refractivity contribution in [2.45, 2.75) is 6.54 Å². The highest BCUT2D eigenvalue weighted by molar-refractivity contribution is 6.29. The van der Waals surface area contributed by atoms with Crippen LogP contribution in [0.2, 0.25) is 5.15 Å². The average molecular weight is 244 g/mol. The summed E-state index contributed by atoms with van der Waals surface area (Å²) in [5.41, 5.74) is 1.65. The van der Waals surface area contributed by atoms with E-state index in [1.54, 1.807) is 6.07 Å². The normalized spacial score (nSPS) is 9.65. The van der Waals surface area contributed by atoms with Gasteiger partial charge in [-0.1, -0.05) is 41.9 Å². The minimum Gasteiger partial charge on any atom is -0.366 e. The first-order chi connectivity index (χ1) is 8.28. The molecular formula is C13H10ClN3. The number of nitrogens with one attached hydrogen (secondary N) is 1. The van der Waals surface area contributed by atoms with Gasteiger partial charge in [0.05, 0.1) is 11.6 Å². The van der Waals surface area contributed by atoms with Crippen LogP contribution in [-0.2, 0) is 6.54 Å². The highest BCUT2D eigenvalue weighted by Crippen LogP contribution is 2.14. The molecule has 4 heteroatoms. The Labute approximate surface area is 105 Å². The summed E-state index contributed by atoms with van der Waals surface area (Å²) in [6.45, 7) is 0.652. The van der Waals surface area contributed by atoms with E-state index in [0.29, 0.717) is 23.1 Å². The van der Waals surface area contributed by atoms with E-state index in [-0.39, 0.29) is 0 Å². The van der Waals surface area contributed by atoms with Gasteiger partial charge in [0.15, 0.2) is 0 Å². The molecule has 0 spiro atoms. The molecule has 0 aliphatic carbocycles. The number of aromatic nitrogens is 1. The highest BCUT2D eigenvalue weighted by atomic mass is 35.5. The molecule has 1 heterocycles. The fraction of sp³-hybridized carbons (Fsp3) is 0.0769. The van der Waals surface area contributed by atoms with Gasteiger partial charge in [-0.2, -0.15) is 5.26 Å². The van der Waals surface area contributed by atoms with Crippen molar-refractivity contribution < 1.29 is 0 Å². The molecule has 0 unspecified atom stereocenters. The van der Waals surface area contributed by atoms with E-state index in [2.05, 4.69) is 10.3 Å². The Bertz CT molecular complexity index is 546. The van der Waals surface area contributed by atoms with E-state index in [4.69, 9.17) is 16.9 Å². The van der Waals surface area contributed by atoms with Crippen LogP contribution in [0.3, 0.4) is 0 Å². The molecule has 0 aliphatic heterocycles. The minimum atomic E-state index is 0.319. The summed E-state index contributed by atoms with van der Waals surface area (Å²) in [6, 6.07) is 15.2. The van der Waals surface area contributed by atoms with Crippen LogP contribution in [0.1, 0.15) is 11.1 Å². The van der Waals surface area contributed by atoms with Gasteiger partial charge in [0.2, 0.25) is 0 Å². The second-order valence-corrected chi connectivity index (χ2v) is 3.90. The first kappa shape index (κ1) is 11.4. The van der Waals surface area contributed by atoms with Crippen molar-refractivity contribution in [3.63, 3.8) is 0 Å². The van der Waals surface area contributed by atoms with Crippen molar-refractivity contribution in [1.29, 1.82) is 5.26 Å². The molecule has 0 aliphatic rings. The Morgan fingerprint density at radius 3 is 2.71 bits per heavy atom. The summed E-state index contributed by atoms with van der Waals surface area (Å²) >= 11 is 5.81. The molecule has 0 fully saturated rings. The van der Waals surface area contributed by atoms with Crippen LogP contribution >= 0.6 is 11.6 Å². The SMILES string of the molecule is N#Cc1cc(Cl)nc(NCc2ccccc2)c1. The Morgan fingerprint density at radius 2 is 2.00 bits per heavy atom. The van der Waals surface area contributed by atoms with Crippen molar-refractivity contribution >= 4 is 17.4 Å². The number of pyridine rings is 1. The summed E-state index contributed by atoms with van der Waals surface area (Å²) < 4.78 is 0. The molecule has 84 valence electrons. The van der Waals surface area contributed by atoms with Crippen LogP contribution < -0.4 is 5.32 Å². The number of benzene rings is 1. The second-order valence-electron chi connectivity index (χ2n) is 3.51. The Kier molecular flexibility index (Phi) is 3.59. The third-order valence-corrected chi connectivity index (χ3v) is 2.43. The van der Waals surface area contributed by atoms with Crippen LogP contribution in [0, 0.1) is 11.3 Å². The fourth-order valence-electron chi connectivity index (χ4n) is 1.44. The van der Waals surface area contributed by atoms with Crippen molar-refractivity contribution in [3.05, 3.63) is 58.7 Å². The van der Waals surface area contributed by atoms with E-state index in [1.165, 1.54) is 6.07 Å². The van der Waals surface area contributed by atoms with Crippen LogP contribution in [0.4, 0.5) is 5.82 Å². The molecule has 0 bridgehead atoms. The van der Waals surface area contributed by atoms with Gasteiger partial charge in [-0.15, -0.1) is 0 Å². The van der Waals surface area contributed by atoms with Gasteiger partial charge in [-0.05, 0) is 17.7 Å². The van der Waals surface area contributed by atoms with Crippen molar-refractivity contribution in [3.8, 4) is 6.07 Å². The summed E-state index contributed by atoms with van der Waals surface area (Å²) in [4.78, 5) is 4.10. The van der Waals surface area contributed by atoms with E-state index < -0.39 is 0 Å². The number of rotatable bonds is 3.